The van der Waals surface area contributed by atoms with Crippen LogP contribution in [0.3, 0.4) is 0 Å². The number of para-hydroxylation sites is 1. The van der Waals surface area contributed by atoms with Crippen LogP contribution in [0.2, 0.25) is 0 Å². The molecule has 1 amide bonds. The number of carbonyl (C=O) groups excluding carboxylic acids is 1. The third-order valence-electron chi connectivity index (χ3n) is 3.66. The summed E-state index contributed by atoms with van der Waals surface area (Å²) in [6.07, 6.45) is -0.505. The van der Waals surface area contributed by atoms with Gasteiger partial charge in [-0.2, -0.15) is 0 Å². The van der Waals surface area contributed by atoms with Crippen LogP contribution in [0.25, 0.3) is 0 Å². The molecule has 3 nitrogen and oxygen atoms in total. The summed E-state index contributed by atoms with van der Waals surface area (Å²) >= 11 is 5.83. The van der Waals surface area contributed by atoms with E-state index in [4.69, 9.17) is 16.3 Å². The Labute approximate surface area is 125 Å². The molecule has 1 heterocycles. The lowest BCUT2D eigenvalue weighted by molar-refractivity contribution is 0.151. The van der Waals surface area contributed by atoms with Crippen LogP contribution in [0.1, 0.15) is 50.7 Å². The molecule has 0 spiro atoms. The third kappa shape index (κ3) is 2.78. The van der Waals surface area contributed by atoms with E-state index in [0.717, 1.165) is 5.69 Å². The minimum absolute atomic E-state index is 0.218. The number of hydrogen-bond donors (Lipinski definition) is 0. The summed E-state index contributed by atoms with van der Waals surface area (Å²) in [4.78, 5) is 13.9. The maximum absolute atomic E-state index is 12.1. The van der Waals surface area contributed by atoms with Gasteiger partial charge in [0, 0.05) is 0 Å². The lowest BCUT2D eigenvalue weighted by atomic mass is 9.92. The largest absolute Gasteiger partial charge is 0.443 e. The molecule has 1 aliphatic rings. The number of cyclic esters (lactones) is 1. The Morgan fingerprint density at radius 2 is 1.80 bits per heavy atom. The summed E-state index contributed by atoms with van der Waals surface area (Å²) in [5.74, 6) is 1.04. The van der Waals surface area contributed by atoms with Crippen molar-refractivity contribution in [2.75, 3.05) is 17.3 Å². The van der Waals surface area contributed by atoms with E-state index in [2.05, 4.69) is 45.9 Å². The SMILES string of the molecule is CC(C)c1cccc(C(C)C)c1N1C[C@H](CCl)OC1=O. The van der Waals surface area contributed by atoms with Crippen molar-refractivity contribution in [2.45, 2.75) is 45.6 Å². The number of carbonyl (C=O) groups is 1. The van der Waals surface area contributed by atoms with Crippen molar-refractivity contribution in [3.63, 3.8) is 0 Å². The van der Waals surface area contributed by atoms with Gasteiger partial charge in [-0.05, 0) is 23.0 Å². The summed E-state index contributed by atoms with van der Waals surface area (Å²) in [5, 5.41) is 0. The molecule has 2 rings (SSSR count). The molecular formula is C16H22ClNO2. The minimum atomic E-state index is -0.286. The van der Waals surface area contributed by atoms with Crippen molar-refractivity contribution in [1.82, 2.24) is 0 Å². The van der Waals surface area contributed by atoms with Gasteiger partial charge in [-0.3, -0.25) is 4.90 Å². The number of halogens is 1. The van der Waals surface area contributed by atoms with Crippen molar-refractivity contribution in [2.24, 2.45) is 0 Å². The van der Waals surface area contributed by atoms with Crippen LogP contribution in [0.15, 0.2) is 18.2 Å². The molecule has 20 heavy (non-hydrogen) atoms. The molecule has 1 fully saturated rings. The number of benzene rings is 1. The molecule has 0 radical (unpaired) electrons. The van der Waals surface area contributed by atoms with Crippen molar-refractivity contribution in [1.29, 1.82) is 0 Å². The van der Waals surface area contributed by atoms with E-state index < -0.39 is 0 Å². The molecule has 4 heteroatoms. The number of nitrogens with zero attached hydrogens (tertiary/aromatic N) is 1. The summed E-state index contributed by atoms with van der Waals surface area (Å²) in [5.41, 5.74) is 3.38. The Bertz CT molecular complexity index is 473. The van der Waals surface area contributed by atoms with E-state index in [9.17, 15) is 4.79 Å². The van der Waals surface area contributed by atoms with Crippen LogP contribution in [-0.2, 0) is 4.74 Å². The molecule has 0 unspecified atom stereocenters. The Morgan fingerprint density at radius 1 is 1.25 bits per heavy atom. The maximum Gasteiger partial charge on any atom is 0.414 e. The monoisotopic (exact) mass is 295 g/mol. The minimum Gasteiger partial charge on any atom is -0.443 e. The highest BCUT2D eigenvalue weighted by molar-refractivity contribution is 6.18. The van der Waals surface area contributed by atoms with Crippen molar-refractivity contribution in [3.05, 3.63) is 29.3 Å². The molecule has 0 aliphatic carbocycles. The maximum atomic E-state index is 12.1. The average molecular weight is 296 g/mol. The lowest BCUT2D eigenvalue weighted by Gasteiger charge is -2.25. The van der Waals surface area contributed by atoms with E-state index >= 15 is 0 Å². The van der Waals surface area contributed by atoms with E-state index in [1.807, 2.05) is 0 Å². The molecule has 110 valence electrons. The van der Waals surface area contributed by atoms with Crippen LogP contribution < -0.4 is 4.90 Å². The van der Waals surface area contributed by atoms with Crippen LogP contribution in [0.5, 0.6) is 0 Å². The molecule has 0 aromatic heterocycles. The highest BCUT2D eigenvalue weighted by atomic mass is 35.5. The highest BCUT2D eigenvalue weighted by Gasteiger charge is 2.34. The number of ether oxygens (including phenoxy) is 1. The second-order valence-corrected chi connectivity index (χ2v) is 6.17. The quantitative estimate of drug-likeness (QED) is 0.766. The molecule has 1 aliphatic heterocycles. The van der Waals surface area contributed by atoms with Crippen molar-refractivity contribution >= 4 is 23.4 Å². The highest BCUT2D eigenvalue weighted by Crippen LogP contribution is 2.37. The van der Waals surface area contributed by atoms with E-state index in [-0.39, 0.29) is 12.2 Å². The van der Waals surface area contributed by atoms with Gasteiger partial charge in [-0.1, -0.05) is 45.9 Å². The zero-order valence-electron chi connectivity index (χ0n) is 12.5. The zero-order valence-corrected chi connectivity index (χ0v) is 13.3. The predicted octanol–water partition coefficient (Wildman–Crippen LogP) is 4.50. The van der Waals surface area contributed by atoms with Crippen LogP contribution in [0.4, 0.5) is 10.5 Å². The fourth-order valence-electron chi connectivity index (χ4n) is 2.61. The van der Waals surface area contributed by atoms with Gasteiger partial charge < -0.3 is 4.74 Å². The molecular weight excluding hydrogens is 274 g/mol. The van der Waals surface area contributed by atoms with Gasteiger partial charge in [-0.25, -0.2) is 4.79 Å². The van der Waals surface area contributed by atoms with E-state index in [1.165, 1.54) is 11.1 Å². The lowest BCUT2D eigenvalue weighted by Crippen LogP contribution is -2.27. The number of amides is 1. The van der Waals surface area contributed by atoms with Crippen LogP contribution >= 0.6 is 11.6 Å². The Kier molecular flexibility index (Phi) is 4.59. The van der Waals surface area contributed by atoms with E-state index in [0.29, 0.717) is 24.3 Å². The molecule has 0 saturated carbocycles. The van der Waals surface area contributed by atoms with Gasteiger partial charge in [0.25, 0.3) is 0 Å². The van der Waals surface area contributed by atoms with Gasteiger partial charge in [0.1, 0.15) is 6.10 Å². The van der Waals surface area contributed by atoms with Gasteiger partial charge in [-0.15, -0.1) is 11.6 Å². The third-order valence-corrected chi connectivity index (χ3v) is 4.00. The summed E-state index contributed by atoms with van der Waals surface area (Å²) in [6.45, 7) is 9.10. The number of hydrogen-bond acceptors (Lipinski definition) is 2. The fraction of sp³-hybridized carbons (Fsp3) is 0.562. The first-order valence-electron chi connectivity index (χ1n) is 7.12. The van der Waals surface area contributed by atoms with Gasteiger partial charge in [0.15, 0.2) is 0 Å². The molecule has 1 aromatic carbocycles. The normalized spacial score (nSPS) is 19.1. The second kappa shape index (κ2) is 6.04. The first kappa shape index (κ1) is 15.2. The first-order chi connectivity index (χ1) is 9.45. The Morgan fingerprint density at radius 3 is 2.20 bits per heavy atom. The molecule has 0 N–H and O–H groups in total. The standard InChI is InChI=1S/C16H22ClNO2/c1-10(2)13-6-5-7-14(11(3)4)15(13)18-9-12(8-17)20-16(18)19/h5-7,10-12H,8-9H2,1-4H3/t12-/m0/s1. The smallest absolute Gasteiger partial charge is 0.414 e. The van der Waals surface area contributed by atoms with Crippen molar-refractivity contribution in [3.8, 4) is 0 Å². The molecule has 1 aromatic rings. The summed E-state index contributed by atoms with van der Waals surface area (Å²) in [6, 6.07) is 6.25. The van der Waals surface area contributed by atoms with Crippen LogP contribution in [0, 0.1) is 0 Å². The molecule has 1 saturated heterocycles. The van der Waals surface area contributed by atoms with Gasteiger partial charge in [0.2, 0.25) is 0 Å². The van der Waals surface area contributed by atoms with Crippen molar-refractivity contribution < 1.29 is 9.53 Å². The number of anilines is 1. The van der Waals surface area contributed by atoms with Crippen LogP contribution in [-0.4, -0.2) is 24.6 Å². The molecule has 1 atom stereocenters. The number of alkyl halides is 1. The van der Waals surface area contributed by atoms with Gasteiger partial charge in [0.05, 0.1) is 18.1 Å². The summed E-state index contributed by atoms with van der Waals surface area (Å²) in [7, 11) is 0. The topological polar surface area (TPSA) is 29.5 Å². The number of rotatable bonds is 4. The van der Waals surface area contributed by atoms with E-state index in [1.54, 1.807) is 4.90 Å². The predicted molar refractivity (Wildman–Crippen MR) is 83.0 cm³/mol. The Balaban J connectivity index is 2.51. The first-order valence-corrected chi connectivity index (χ1v) is 7.66. The zero-order chi connectivity index (χ0) is 14.9. The Hall–Kier alpha value is -1.22. The average Bonchev–Trinajstić information content (AvgIpc) is 2.78. The molecule has 0 bridgehead atoms. The van der Waals surface area contributed by atoms with Gasteiger partial charge >= 0.3 is 6.09 Å². The summed E-state index contributed by atoms with van der Waals surface area (Å²) < 4.78 is 5.30. The fourth-order valence-corrected chi connectivity index (χ4v) is 2.77. The second-order valence-electron chi connectivity index (χ2n) is 5.87.